The quantitative estimate of drug-likeness (QED) is 0.543. The van der Waals surface area contributed by atoms with E-state index in [1.54, 1.807) is 23.1 Å². The Morgan fingerprint density at radius 2 is 1.88 bits per heavy atom. The number of hydrogen-bond donors (Lipinski definition) is 0. The Labute approximate surface area is 148 Å². The van der Waals surface area contributed by atoms with Crippen LogP contribution in [-0.2, 0) is 6.42 Å². The number of halogens is 3. The first-order chi connectivity index (χ1) is 12.5. The summed E-state index contributed by atoms with van der Waals surface area (Å²) in [6.07, 6.45) is 0.393. The van der Waals surface area contributed by atoms with Gasteiger partial charge in [0.2, 0.25) is 4.96 Å². The average molecular weight is 378 g/mol. The van der Waals surface area contributed by atoms with Gasteiger partial charge in [0.1, 0.15) is 11.4 Å². The van der Waals surface area contributed by atoms with E-state index in [1.165, 1.54) is 35.6 Å². The van der Waals surface area contributed by atoms with E-state index in [0.717, 1.165) is 5.56 Å². The Morgan fingerprint density at radius 1 is 1.08 bits per heavy atom. The predicted octanol–water partition coefficient (Wildman–Crippen LogP) is 3.13. The largest absolute Gasteiger partial charge is 0.573 e. The van der Waals surface area contributed by atoms with Crippen LogP contribution in [0.15, 0.2) is 42.9 Å². The molecule has 0 aliphatic rings. The van der Waals surface area contributed by atoms with Crippen LogP contribution in [0.25, 0.3) is 15.7 Å². The van der Waals surface area contributed by atoms with E-state index in [2.05, 4.69) is 30.0 Å². The van der Waals surface area contributed by atoms with Gasteiger partial charge in [-0.15, -0.1) is 23.4 Å². The van der Waals surface area contributed by atoms with Crippen LogP contribution in [0.4, 0.5) is 13.2 Å². The van der Waals surface area contributed by atoms with Crippen LogP contribution >= 0.6 is 11.3 Å². The molecule has 4 rings (SSSR count). The summed E-state index contributed by atoms with van der Waals surface area (Å²) in [4.78, 5) is 8.80. The highest BCUT2D eigenvalue weighted by atomic mass is 32.1. The Kier molecular flexibility index (Phi) is 3.99. The van der Waals surface area contributed by atoms with Crippen molar-refractivity contribution in [3.8, 4) is 16.5 Å². The fourth-order valence-corrected chi connectivity index (χ4v) is 3.09. The number of benzene rings is 1. The molecule has 0 saturated carbocycles. The minimum Gasteiger partial charge on any atom is -0.406 e. The molecule has 0 bridgehead atoms. The number of alkyl halides is 3. The van der Waals surface area contributed by atoms with Gasteiger partial charge in [-0.1, -0.05) is 23.5 Å². The van der Waals surface area contributed by atoms with Gasteiger partial charge in [0, 0.05) is 18.8 Å². The maximum absolute atomic E-state index is 12.2. The zero-order chi connectivity index (χ0) is 18.1. The fraction of sp³-hybridized carbons (Fsp3) is 0.133. The molecule has 0 atom stereocenters. The zero-order valence-corrected chi connectivity index (χ0v) is 13.7. The zero-order valence-electron chi connectivity index (χ0n) is 12.9. The van der Waals surface area contributed by atoms with Gasteiger partial charge in [-0.3, -0.25) is 9.97 Å². The summed E-state index contributed by atoms with van der Waals surface area (Å²) in [5.41, 5.74) is 1.38. The van der Waals surface area contributed by atoms with E-state index in [-0.39, 0.29) is 5.75 Å². The minimum atomic E-state index is -4.71. The van der Waals surface area contributed by atoms with Crippen LogP contribution < -0.4 is 4.74 Å². The summed E-state index contributed by atoms with van der Waals surface area (Å²) in [6, 6.07) is 5.59. The number of ether oxygens (including phenoxy) is 1. The maximum Gasteiger partial charge on any atom is 0.573 e. The standard InChI is InChI=1S/C15H9F3N6OS/c16-15(17,18)25-10-3-1-9(2-4-10)7-12-21-22-14-24(12)23-13(26-14)11-8-19-5-6-20-11/h1-6,8H,7H2. The third-order valence-corrected chi connectivity index (χ3v) is 4.28. The summed E-state index contributed by atoms with van der Waals surface area (Å²) in [6.45, 7) is 0. The SMILES string of the molecule is FC(F)(F)Oc1ccc(Cc2nnc3sc(-c4cnccn4)nn23)cc1. The van der Waals surface area contributed by atoms with E-state index in [1.807, 2.05) is 0 Å². The van der Waals surface area contributed by atoms with Gasteiger partial charge in [0.25, 0.3) is 0 Å². The van der Waals surface area contributed by atoms with Crippen molar-refractivity contribution in [1.82, 2.24) is 29.8 Å². The first kappa shape index (κ1) is 16.4. The third kappa shape index (κ3) is 3.47. The Balaban J connectivity index is 1.57. The molecular weight excluding hydrogens is 369 g/mol. The number of fused-ring (bicyclic) bond motifs is 1. The first-order valence-corrected chi connectivity index (χ1v) is 8.12. The first-order valence-electron chi connectivity index (χ1n) is 7.30. The Morgan fingerprint density at radius 3 is 2.58 bits per heavy atom. The lowest BCUT2D eigenvalue weighted by Gasteiger charge is -2.08. The molecule has 0 amide bonds. The second kappa shape index (κ2) is 6.33. The molecule has 4 aromatic rings. The van der Waals surface area contributed by atoms with Crippen LogP contribution in [-0.4, -0.2) is 36.1 Å². The predicted molar refractivity (Wildman–Crippen MR) is 85.6 cm³/mol. The molecule has 0 unspecified atom stereocenters. The smallest absolute Gasteiger partial charge is 0.406 e. The van der Waals surface area contributed by atoms with Crippen LogP contribution in [0.1, 0.15) is 11.4 Å². The normalized spacial score (nSPS) is 11.8. The van der Waals surface area contributed by atoms with Gasteiger partial charge in [-0.2, -0.15) is 9.61 Å². The molecule has 7 nitrogen and oxygen atoms in total. The summed E-state index contributed by atoms with van der Waals surface area (Å²) in [5.74, 6) is 0.294. The van der Waals surface area contributed by atoms with E-state index < -0.39 is 6.36 Å². The van der Waals surface area contributed by atoms with Crippen molar-refractivity contribution in [2.24, 2.45) is 0 Å². The van der Waals surface area contributed by atoms with Gasteiger partial charge < -0.3 is 4.74 Å². The highest BCUT2D eigenvalue weighted by Gasteiger charge is 2.30. The minimum absolute atomic E-state index is 0.272. The summed E-state index contributed by atoms with van der Waals surface area (Å²) < 4.78 is 42.1. The highest BCUT2D eigenvalue weighted by molar-refractivity contribution is 7.19. The van der Waals surface area contributed by atoms with Crippen LogP contribution in [0.5, 0.6) is 5.75 Å². The molecular formula is C15H9F3N6OS. The maximum atomic E-state index is 12.2. The van der Waals surface area contributed by atoms with Crippen LogP contribution in [0.2, 0.25) is 0 Å². The number of nitrogens with zero attached hydrogens (tertiary/aromatic N) is 6. The molecule has 26 heavy (non-hydrogen) atoms. The monoisotopic (exact) mass is 378 g/mol. The van der Waals surface area contributed by atoms with Gasteiger partial charge in [-0.05, 0) is 17.7 Å². The lowest BCUT2D eigenvalue weighted by atomic mass is 10.1. The second-order valence-corrected chi connectivity index (χ2v) is 6.13. The van der Waals surface area contributed by atoms with E-state index >= 15 is 0 Å². The molecule has 0 saturated heterocycles. The van der Waals surface area contributed by atoms with Crippen molar-refractivity contribution >= 4 is 16.3 Å². The molecule has 1 aromatic carbocycles. The molecule has 0 fully saturated rings. The fourth-order valence-electron chi connectivity index (χ4n) is 2.27. The Hall–Kier alpha value is -3.08. The number of aromatic nitrogens is 6. The highest BCUT2D eigenvalue weighted by Crippen LogP contribution is 2.25. The van der Waals surface area contributed by atoms with Crippen molar-refractivity contribution in [1.29, 1.82) is 0 Å². The summed E-state index contributed by atoms with van der Waals surface area (Å²) in [7, 11) is 0. The van der Waals surface area contributed by atoms with Crippen molar-refractivity contribution in [2.45, 2.75) is 12.8 Å². The molecule has 0 N–H and O–H groups in total. The molecule has 0 aliphatic carbocycles. The lowest BCUT2D eigenvalue weighted by molar-refractivity contribution is -0.274. The summed E-state index contributed by atoms with van der Waals surface area (Å²) >= 11 is 1.32. The second-order valence-electron chi connectivity index (χ2n) is 5.18. The number of hydrogen-bond acceptors (Lipinski definition) is 7. The molecule has 3 aromatic heterocycles. The van der Waals surface area contributed by atoms with Crippen LogP contribution in [0, 0.1) is 0 Å². The molecule has 0 spiro atoms. The van der Waals surface area contributed by atoms with Crippen LogP contribution in [0.3, 0.4) is 0 Å². The van der Waals surface area contributed by atoms with Gasteiger partial charge >= 0.3 is 6.36 Å². The summed E-state index contributed by atoms with van der Waals surface area (Å²) in [5, 5.41) is 13.2. The third-order valence-electron chi connectivity index (χ3n) is 3.36. The van der Waals surface area contributed by atoms with Crippen molar-refractivity contribution < 1.29 is 17.9 Å². The van der Waals surface area contributed by atoms with Crippen molar-refractivity contribution in [2.75, 3.05) is 0 Å². The average Bonchev–Trinajstić information content (AvgIpc) is 3.18. The van der Waals surface area contributed by atoms with Gasteiger partial charge in [-0.25, -0.2) is 0 Å². The Bertz CT molecular complexity index is 1030. The van der Waals surface area contributed by atoms with Crippen molar-refractivity contribution in [3.63, 3.8) is 0 Å². The van der Waals surface area contributed by atoms with Crippen molar-refractivity contribution in [3.05, 3.63) is 54.2 Å². The van der Waals surface area contributed by atoms with E-state index in [4.69, 9.17) is 0 Å². The lowest BCUT2D eigenvalue weighted by Crippen LogP contribution is -2.17. The van der Waals surface area contributed by atoms with E-state index in [0.29, 0.717) is 27.9 Å². The molecule has 0 radical (unpaired) electrons. The molecule has 3 heterocycles. The van der Waals surface area contributed by atoms with Gasteiger partial charge in [0.15, 0.2) is 10.8 Å². The topological polar surface area (TPSA) is 78.1 Å². The molecule has 0 aliphatic heterocycles. The van der Waals surface area contributed by atoms with E-state index in [9.17, 15) is 13.2 Å². The number of rotatable bonds is 4. The molecule has 132 valence electrons. The molecule has 11 heteroatoms. The van der Waals surface area contributed by atoms with Gasteiger partial charge in [0.05, 0.1) is 6.20 Å².